The summed E-state index contributed by atoms with van der Waals surface area (Å²) in [5, 5.41) is 0. The summed E-state index contributed by atoms with van der Waals surface area (Å²) >= 11 is 0. The summed E-state index contributed by atoms with van der Waals surface area (Å²) in [6.45, 7) is 1.99. The number of ether oxygens (including phenoxy) is 1. The van der Waals surface area contributed by atoms with Gasteiger partial charge in [0, 0.05) is 13.1 Å². The molecule has 1 aliphatic carbocycles. The third-order valence-electron chi connectivity index (χ3n) is 4.66. The van der Waals surface area contributed by atoms with Gasteiger partial charge in [-0.1, -0.05) is 25.0 Å². The van der Waals surface area contributed by atoms with E-state index in [2.05, 4.69) is 12.1 Å². The molecule has 114 valence electrons. The third-order valence-corrected chi connectivity index (χ3v) is 4.66. The molecular weight excluding hydrogens is 262 g/mol. The molecule has 3 nitrogen and oxygen atoms in total. The minimum atomic E-state index is 0.144. The van der Waals surface area contributed by atoms with Gasteiger partial charge in [0.25, 0.3) is 5.91 Å². The van der Waals surface area contributed by atoms with Gasteiger partial charge in [0.05, 0.1) is 0 Å². The van der Waals surface area contributed by atoms with Crippen LogP contribution >= 0.6 is 0 Å². The largest absolute Gasteiger partial charge is 0.483 e. The van der Waals surface area contributed by atoms with E-state index < -0.39 is 0 Å². The molecule has 0 radical (unpaired) electrons. The predicted molar refractivity (Wildman–Crippen MR) is 83.6 cm³/mol. The zero-order valence-electron chi connectivity index (χ0n) is 12.8. The highest BCUT2D eigenvalue weighted by Gasteiger charge is 2.18. The summed E-state index contributed by atoms with van der Waals surface area (Å²) in [4.78, 5) is 14.3. The van der Waals surface area contributed by atoms with Crippen LogP contribution in [0.4, 0.5) is 0 Å². The van der Waals surface area contributed by atoms with Crippen LogP contribution in [-0.4, -0.2) is 30.5 Å². The first kappa shape index (κ1) is 14.4. The topological polar surface area (TPSA) is 29.5 Å². The number of rotatable bonds is 3. The van der Waals surface area contributed by atoms with Gasteiger partial charge >= 0.3 is 0 Å². The molecule has 0 bridgehead atoms. The van der Waals surface area contributed by atoms with Crippen molar-refractivity contribution in [1.29, 1.82) is 0 Å². The molecule has 0 N–H and O–H groups in total. The van der Waals surface area contributed by atoms with E-state index in [0.717, 1.165) is 44.5 Å². The van der Waals surface area contributed by atoms with Crippen LogP contribution in [-0.2, 0) is 17.6 Å². The molecule has 21 heavy (non-hydrogen) atoms. The van der Waals surface area contributed by atoms with Crippen molar-refractivity contribution in [2.24, 2.45) is 0 Å². The molecule has 1 fully saturated rings. The van der Waals surface area contributed by atoms with E-state index >= 15 is 0 Å². The van der Waals surface area contributed by atoms with Gasteiger partial charge < -0.3 is 9.64 Å². The Morgan fingerprint density at radius 3 is 2.57 bits per heavy atom. The highest BCUT2D eigenvalue weighted by Crippen LogP contribution is 2.29. The van der Waals surface area contributed by atoms with Crippen molar-refractivity contribution in [3.63, 3.8) is 0 Å². The van der Waals surface area contributed by atoms with Crippen LogP contribution < -0.4 is 4.74 Å². The van der Waals surface area contributed by atoms with Crippen molar-refractivity contribution in [3.8, 4) is 5.75 Å². The van der Waals surface area contributed by atoms with Crippen LogP contribution in [0.3, 0.4) is 0 Å². The number of likely N-dealkylation sites (tertiary alicyclic amines) is 1. The summed E-state index contributed by atoms with van der Waals surface area (Å²) in [5.74, 6) is 1.07. The highest BCUT2D eigenvalue weighted by molar-refractivity contribution is 5.77. The van der Waals surface area contributed by atoms with Crippen LogP contribution in [0.25, 0.3) is 0 Å². The zero-order chi connectivity index (χ0) is 14.5. The summed E-state index contributed by atoms with van der Waals surface area (Å²) in [5.41, 5.74) is 2.73. The fraction of sp³-hybridized carbons (Fsp3) is 0.611. The van der Waals surface area contributed by atoms with E-state index in [1.54, 1.807) is 0 Å². The number of aryl methyl sites for hydroxylation is 1. The Kier molecular flexibility index (Phi) is 4.79. The monoisotopic (exact) mass is 287 g/mol. The fourth-order valence-corrected chi connectivity index (χ4v) is 3.43. The normalized spacial score (nSPS) is 18.8. The molecule has 1 amide bonds. The second kappa shape index (κ2) is 6.97. The SMILES string of the molecule is O=C(COc1cccc2c1CCCC2)N1CCCCCC1. The number of nitrogens with zero attached hydrogens (tertiary/aromatic N) is 1. The maximum atomic E-state index is 12.3. The number of hydrogen-bond acceptors (Lipinski definition) is 2. The maximum Gasteiger partial charge on any atom is 0.260 e. The number of amides is 1. The van der Waals surface area contributed by atoms with Gasteiger partial charge in [-0.05, 0) is 55.7 Å². The number of carbonyl (C=O) groups is 1. The first-order valence-electron chi connectivity index (χ1n) is 8.36. The van der Waals surface area contributed by atoms with Gasteiger partial charge in [0.15, 0.2) is 6.61 Å². The minimum absolute atomic E-state index is 0.144. The summed E-state index contributed by atoms with van der Waals surface area (Å²) in [7, 11) is 0. The first-order valence-corrected chi connectivity index (χ1v) is 8.36. The van der Waals surface area contributed by atoms with Gasteiger partial charge in [0.1, 0.15) is 5.75 Å². The van der Waals surface area contributed by atoms with Gasteiger partial charge in [-0.25, -0.2) is 0 Å². The lowest BCUT2D eigenvalue weighted by atomic mass is 9.91. The number of fused-ring (bicyclic) bond motifs is 1. The number of carbonyl (C=O) groups excluding carboxylic acids is 1. The van der Waals surface area contributed by atoms with Crippen LogP contribution in [0, 0.1) is 0 Å². The van der Waals surface area contributed by atoms with Crippen molar-refractivity contribution in [1.82, 2.24) is 4.90 Å². The van der Waals surface area contributed by atoms with Gasteiger partial charge in [-0.15, -0.1) is 0 Å². The molecular formula is C18H25NO2. The van der Waals surface area contributed by atoms with Gasteiger partial charge in [-0.2, -0.15) is 0 Å². The Labute approximate surface area is 127 Å². The average molecular weight is 287 g/mol. The average Bonchev–Trinajstić information content (AvgIpc) is 2.82. The highest BCUT2D eigenvalue weighted by atomic mass is 16.5. The van der Waals surface area contributed by atoms with Crippen molar-refractivity contribution in [2.75, 3.05) is 19.7 Å². The van der Waals surface area contributed by atoms with E-state index in [0.29, 0.717) is 0 Å². The van der Waals surface area contributed by atoms with E-state index in [9.17, 15) is 4.79 Å². The Hall–Kier alpha value is -1.51. The second-order valence-corrected chi connectivity index (χ2v) is 6.18. The molecule has 1 aliphatic heterocycles. The Balaban J connectivity index is 1.61. The lowest BCUT2D eigenvalue weighted by molar-refractivity contribution is -0.133. The molecule has 0 aromatic heterocycles. The maximum absolute atomic E-state index is 12.3. The van der Waals surface area contributed by atoms with Crippen LogP contribution in [0.1, 0.15) is 49.7 Å². The second-order valence-electron chi connectivity index (χ2n) is 6.18. The van der Waals surface area contributed by atoms with Crippen LogP contribution in [0.2, 0.25) is 0 Å². The lowest BCUT2D eigenvalue weighted by Crippen LogP contribution is -2.35. The fourth-order valence-electron chi connectivity index (χ4n) is 3.43. The Morgan fingerprint density at radius 2 is 1.76 bits per heavy atom. The Morgan fingerprint density at radius 1 is 1.00 bits per heavy atom. The van der Waals surface area contributed by atoms with Crippen molar-refractivity contribution in [2.45, 2.75) is 51.4 Å². The zero-order valence-corrected chi connectivity index (χ0v) is 12.8. The number of hydrogen-bond donors (Lipinski definition) is 0. The summed E-state index contributed by atoms with van der Waals surface area (Å²) in [6.07, 6.45) is 9.49. The van der Waals surface area contributed by atoms with Crippen LogP contribution in [0.5, 0.6) is 5.75 Å². The van der Waals surface area contributed by atoms with Gasteiger partial charge in [0.2, 0.25) is 0 Å². The first-order chi connectivity index (χ1) is 10.3. The minimum Gasteiger partial charge on any atom is -0.483 e. The van der Waals surface area contributed by atoms with E-state index in [1.807, 2.05) is 11.0 Å². The van der Waals surface area contributed by atoms with Crippen molar-refractivity contribution < 1.29 is 9.53 Å². The number of benzene rings is 1. The smallest absolute Gasteiger partial charge is 0.260 e. The van der Waals surface area contributed by atoms with E-state index in [1.165, 1.54) is 36.8 Å². The molecule has 0 atom stereocenters. The van der Waals surface area contributed by atoms with E-state index in [-0.39, 0.29) is 12.5 Å². The van der Waals surface area contributed by atoms with E-state index in [4.69, 9.17) is 4.74 Å². The molecule has 1 saturated heterocycles. The third kappa shape index (κ3) is 3.58. The molecule has 2 aliphatic rings. The molecule has 1 aromatic carbocycles. The molecule has 1 heterocycles. The molecule has 0 saturated carbocycles. The van der Waals surface area contributed by atoms with Gasteiger partial charge in [-0.3, -0.25) is 4.79 Å². The quantitative estimate of drug-likeness (QED) is 0.853. The molecule has 0 unspecified atom stereocenters. The predicted octanol–water partition coefficient (Wildman–Crippen LogP) is 3.35. The van der Waals surface area contributed by atoms with Crippen LogP contribution in [0.15, 0.2) is 18.2 Å². The Bertz CT molecular complexity index is 490. The summed E-state index contributed by atoms with van der Waals surface area (Å²) in [6, 6.07) is 6.26. The van der Waals surface area contributed by atoms with Crippen molar-refractivity contribution in [3.05, 3.63) is 29.3 Å². The molecule has 1 aromatic rings. The lowest BCUT2D eigenvalue weighted by Gasteiger charge is -2.22. The molecule has 3 rings (SSSR count). The molecule has 3 heteroatoms. The van der Waals surface area contributed by atoms with Crippen molar-refractivity contribution >= 4 is 5.91 Å². The summed E-state index contributed by atoms with van der Waals surface area (Å²) < 4.78 is 5.87. The standard InChI is InChI=1S/C18H25NO2/c20-18(19-12-5-1-2-6-13-19)14-21-17-11-7-9-15-8-3-4-10-16(15)17/h7,9,11H,1-6,8,10,12-14H2. The molecule has 0 spiro atoms.